The molecule has 1 saturated carbocycles. The average molecular weight is 747 g/mol. The van der Waals surface area contributed by atoms with E-state index in [0.717, 1.165) is 0 Å². The minimum absolute atomic E-state index is 0.0359. The van der Waals surface area contributed by atoms with Gasteiger partial charge in [0.2, 0.25) is 0 Å². The fourth-order valence-corrected chi connectivity index (χ4v) is 8.30. The Morgan fingerprint density at radius 1 is 0.680 bits per heavy atom. The predicted octanol–water partition coefficient (Wildman–Crippen LogP) is -7.36. The number of hydrogen-bond donors (Lipinski definition) is 12. The van der Waals surface area contributed by atoms with E-state index in [-0.39, 0.29) is 25.5 Å². The van der Waals surface area contributed by atoms with Crippen LogP contribution in [0.4, 0.5) is 0 Å². The number of aliphatic hydroxyl groups excluding tert-OH is 9. The molecule has 0 aromatic carbocycles. The third-order valence-corrected chi connectivity index (χ3v) is 11.1. The molecule has 1 aliphatic carbocycles. The van der Waals surface area contributed by atoms with Crippen LogP contribution < -0.4 is 17.2 Å². The molecular weight excluding hydrogens is 696 g/mol. The van der Waals surface area contributed by atoms with Crippen molar-refractivity contribution in [3.8, 4) is 0 Å². The number of nitrogens with zero attached hydrogens (tertiary/aromatic N) is 1. The van der Waals surface area contributed by atoms with E-state index >= 15 is 0 Å². The van der Waals surface area contributed by atoms with Gasteiger partial charge in [-0.3, -0.25) is 4.90 Å². The summed E-state index contributed by atoms with van der Waals surface area (Å²) in [6, 6.07) is -3.78. The van der Waals surface area contributed by atoms with E-state index in [9.17, 15) is 46.0 Å². The maximum absolute atomic E-state index is 11.8. The van der Waals surface area contributed by atoms with Gasteiger partial charge in [0.25, 0.3) is 0 Å². The zero-order chi connectivity index (χ0) is 36.2. The van der Waals surface area contributed by atoms with Gasteiger partial charge in [-0.15, -0.1) is 11.6 Å². The molecule has 6 rings (SSSR count). The lowest BCUT2D eigenvalue weighted by Crippen LogP contribution is -2.75. The van der Waals surface area contributed by atoms with E-state index in [1.807, 2.05) is 0 Å². The van der Waals surface area contributed by atoms with Crippen molar-refractivity contribution in [2.45, 2.75) is 154 Å². The van der Waals surface area contributed by atoms with Gasteiger partial charge in [0.05, 0.1) is 61.6 Å². The van der Waals surface area contributed by atoms with Crippen LogP contribution in [0.1, 0.15) is 19.3 Å². The zero-order valence-corrected chi connectivity index (χ0v) is 27.8. The highest BCUT2D eigenvalue weighted by atomic mass is 35.5. The Labute approximate surface area is 292 Å². The van der Waals surface area contributed by atoms with Gasteiger partial charge in [-0.2, -0.15) is 0 Å². The highest BCUT2D eigenvalue weighted by molar-refractivity contribution is 6.18. The molecule has 0 aromatic rings. The predicted molar refractivity (Wildman–Crippen MR) is 164 cm³/mol. The number of fused-ring (bicyclic) bond motifs is 2. The fourth-order valence-electron chi connectivity index (χ4n) is 8.05. The largest absolute Gasteiger partial charge is 0.394 e. The maximum atomic E-state index is 11.8. The summed E-state index contributed by atoms with van der Waals surface area (Å²) in [7, 11) is 0. The van der Waals surface area contributed by atoms with Crippen LogP contribution in [0.2, 0.25) is 0 Å². The highest BCUT2D eigenvalue weighted by Crippen LogP contribution is 2.43. The second-order valence-corrected chi connectivity index (χ2v) is 14.2. The van der Waals surface area contributed by atoms with Crippen LogP contribution in [0, 0.1) is 0 Å². The van der Waals surface area contributed by atoms with Gasteiger partial charge in [-0.05, 0) is 12.8 Å². The highest BCUT2D eigenvalue weighted by Gasteiger charge is 2.61. The van der Waals surface area contributed by atoms with E-state index < -0.39 is 141 Å². The average Bonchev–Trinajstić information content (AvgIpc) is 3.42. The summed E-state index contributed by atoms with van der Waals surface area (Å²) < 4.78 is 41.8. The lowest BCUT2D eigenvalue weighted by atomic mass is 9.81. The maximum Gasteiger partial charge on any atom is 0.187 e. The Balaban J connectivity index is 1.20. The van der Waals surface area contributed by atoms with Crippen molar-refractivity contribution in [3.05, 3.63) is 0 Å². The molecule has 5 saturated heterocycles. The van der Waals surface area contributed by atoms with Crippen LogP contribution in [0.15, 0.2) is 0 Å². The topological polar surface area (TPSA) is 328 Å². The van der Waals surface area contributed by atoms with Crippen molar-refractivity contribution in [3.63, 3.8) is 0 Å². The molecule has 5 heterocycles. The number of hydrogen-bond acceptors (Lipinski definition) is 20. The Hall–Kier alpha value is -0.510. The molecule has 0 bridgehead atoms. The molecule has 0 radical (unpaired) electrons. The molecule has 5 aliphatic heterocycles. The van der Waals surface area contributed by atoms with Gasteiger partial charge in [0.1, 0.15) is 67.3 Å². The molecule has 15 N–H and O–H groups in total. The first-order chi connectivity index (χ1) is 23.8. The van der Waals surface area contributed by atoms with Crippen molar-refractivity contribution in [1.82, 2.24) is 4.90 Å². The second kappa shape index (κ2) is 16.1. The van der Waals surface area contributed by atoms with Crippen molar-refractivity contribution in [2.24, 2.45) is 17.2 Å². The van der Waals surface area contributed by atoms with E-state index in [0.29, 0.717) is 12.8 Å². The second-order valence-electron chi connectivity index (χ2n) is 13.9. The van der Waals surface area contributed by atoms with E-state index in [4.69, 9.17) is 62.0 Å². The summed E-state index contributed by atoms with van der Waals surface area (Å²) in [5, 5.41) is 95.7. The Morgan fingerprint density at radius 2 is 1.36 bits per heavy atom. The van der Waals surface area contributed by atoms with Crippen LogP contribution in [0.3, 0.4) is 0 Å². The van der Waals surface area contributed by atoms with Gasteiger partial charge in [-0.1, -0.05) is 0 Å². The van der Waals surface area contributed by atoms with Crippen LogP contribution in [0.5, 0.6) is 0 Å². The number of alkyl halides is 1. The SMILES string of the molecule is NCC1OC(OC2C(CCl)OC(N3C4C(O)CC(CO)OC4OC4CCC(N)C(O)C43)C2O)C(N)C(O)C1OC1OC(CO)C(O)C(O)C1O. The molecule has 0 amide bonds. The molecule has 20 nitrogen and oxygen atoms in total. The molecule has 21 heteroatoms. The molecule has 22 atom stereocenters. The Kier molecular flexibility index (Phi) is 12.6. The minimum atomic E-state index is -1.77. The van der Waals surface area contributed by atoms with Gasteiger partial charge in [0, 0.05) is 19.0 Å². The molecule has 0 aromatic heterocycles. The van der Waals surface area contributed by atoms with Crippen molar-refractivity contribution < 1.29 is 79.1 Å². The van der Waals surface area contributed by atoms with Gasteiger partial charge < -0.3 is 96.3 Å². The van der Waals surface area contributed by atoms with Crippen LogP contribution in [0.25, 0.3) is 0 Å². The first-order valence-electron chi connectivity index (χ1n) is 17.0. The number of rotatable bonds is 9. The van der Waals surface area contributed by atoms with Crippen molar-refractivity contribution >= 4 is 11.6 Å². The first-order valence-corrected chi connectivity index (χ1v) is 17.5. The lowest BCUT2D eigenvalue weighted by molar-refractivity contribution is -0.348. The normalized spacial score (nSPS) is 54.7. The number of ether oxygens (including phenoxy) is 7. The quantitative estimate of drug-likeness (QED) is 0.0975. The Morgan fingerprint density at radius 3 is 2.02 bits per heavy atom. The third kappa shape index (κ3) is 7.07. The van der Waals surface area contributed by atoms with Crippen LogP contribution >= 0.6 is 11.6 Å². The van der Waals surface area contributed by atoms with Gasteiger partial charge in [0.15, 0.2) is 18.9 Å². The summed E-state index contributed by atoms with van der Waals surface area (Å²) >= 11 is 6.31. The smallest absolute Gasteiger partial charge is 0.187 e. The molecule has 50 heavy (non-hydrogen) atoms. The summed E-state index contributed by atoms with van der Waals surface area (Å²) in [5.74, 6) is -0.188. The minimum Gasteiger partial charge on any atom is -0.394 e. The summed E-state index contributed by atoms with van der Waals surface area (Å²) in [5.41, 5.74) is 18.6. The third-order valence-electron chi connectivity index (χ3n) is 10.8. The standard InChI is InChI=1S/C29H51ClN4O16/c30-4-12-24(49-27-15(33)20(40)25(13(5-31)47-27)50-29-22(42)21(41)19(39)14(7-36)48-29)23(43)26(45-12)34-16-10(37)3-8(6-35)44-28(16)46-11-2-1-9(32)18(38)17(11)34/h8-29,35-43H,1-7,31-33H2. The molecule has 22 unspecified atom stereocenters. The summed E-state index contributed by atoms with van der Waals surface area (Å²) in [6.07, 6.45) is -22.2. The van der Waals surface area contributed by atoms with Crippen LogP contribution in [-0.2, 0) is 33.2 Å². The van der Waals surface area contributed by atoms with Gasteiger partial charge in [-0.25, -0.2) is 0 Å². The van der Waals surface area contributed by atoms with Crippen LogP contribution in [-0.4, -0.2) is 211 Å². The van der Waals surface area contributed by atoms with Crippen molar-refractivity contribution in [1.29, 1.82) is 0 Å². The summed E-state index contributed by atoms with van der Waals surface area (Å²) in [4.78, 5) is 1.61. The summed E-state index contributed by atoms with van der Waals surface area (Å²) in [6.45, 7) is -1.32. The van der Waals surface area contributed by atoms with Gasteiger partial charge >= 0.3 is 0 Å². The van der Waals surface area contributed by atoms with E-state index in [2.05, 4.69) is 0 Å². The molecule has 6 aliphatic rings. The number of aliphatic hydroxyl groups is 9. The number of morpholine rings is 1. The molecule has 290 valence electrons. The monoisotopic (exact) mass is 746 g/mol. The molecule has 0 spiro atoms. The lowest BCUT2D eigenvalue weighted by Gasteiger charge is -2.58. The van der Waals surface area contributed by atoms with E-state index in [1.54, 1.807) is 4.90 Å². The fraction of sp³-hybridized carbons (Fsp3) is 1.00. The van der Waals surface area contributed by atoms with Crippen molar-refractivity contribution in [2.75, 3.05) is 25.6 Å². The number of halogens is 1. The molecule has 6 fully saturated rings. The zero-order valence-electron chi connectivity index (χ0n) is 27.1. The number of nitrogens with two attached hydrogens (primary N) is 3. The van der Waals surface area contributed by atoms with E-state index in [1.165, 1.54) is 0 Å². The molecular formula is C29H51ClN4O16. The first kappa shape index (κ1) is 39.2. The Bertz CT molecular complexity index is 1120.